The fraction of sp³-hybridized carbons (Fsp3) is 0.188. The Balaban J connectivity index is 2.03. The number of hydrogen-bond acceptors (Lipinski definition) is 3. The smallest absolute Gasteiger partial charge is 0.242 e. The second-order valence-electron chi connectivity index (χ2n) is 4.60. The van der Waals surface area contributed by atoms with Gasteiger partial charge in [0.1, 0.15) is 5.92 Å². The molecule has 0 aliphatic rings. The van der Waals surface area contributed by atoms with Crippen molar-refractivity contribution in [3.05, 3.63) is 59.9 Å². The van der Waals surface area contributed by atoms with E-state index in [2.05, 4.69) is 10.3 Å². The predicted molar refractivity (Wildman–Crippen MR) is 76.9 cm³/mol. The summed E-state index contributed by atoms with van der Waals surface area (Å²) in [5.41, 5.74) is 2.69. The van der Waals surface area contributed by atoms with Crippen molar-refractivity contribution in [1.29, 1.82) is 5.26 Å². The van der Waals surface area contributed by atoms with Gasteiger partial charge in [0.05, 0.1) is 6.07 Å². The first kappa shape index (κ1) is 13.8. The van der Waals surface area contributed by atoms with Crippen LogP contribution in [0.25, 0.3) is 0 Å². The van der Waals surface area contributed by atoms with Gasteiger partial charge in [-0.15, -0.1) is 0 Å². The lowest BCUT2D eigenvalue weighted by Crippen LogP contribution is -2.23. The van der Waals surface area contributed by atoms with Gasteiger partial charge in [0.15, 0.2) is 0 Å². The van der Waals surface area contributed by atoms with Gasteiger partial charge in [0.25, 0.3) is 0 Å². The Kier molecular flexibility index (Phi) is 4.46. The minimum absolute atomic E-state index is 0.291. The molecule has 0 unspecified atom stereocenters. The van der Waals surface area contributed by atoms with Crippen LogP contribution in [0.15, 0.2) is 48.8 Å². The Morgan fingerprint density at radius 3 is 2.70 bits per heavy atom. The van der Waals surface area contributed by atoms with Gasteiger partial charge in [0, 0.05) is 18.1 Å². The van der Waals surface area contributed by atoms with Crippen LogP contribution in [0.5, 0.6) is 0 Å². The summed E-state index contributed by atoms with van der Waals surface area (Å²) in [4.78, 5) is 16.1. The number of rotatable bonds is 4. The molecule has 1 aromatic heterocycles. The first-order chi connectivity index (χ1) is 9.69. The van der Waals surface area contributed by atoms with E-state index in [4.69, 9.17) is 5.26 Å². The van der Waals surface area contributed by atoms with E-state index < -0.39 is 5.92 Å². The summed E-state index contributed by atoms with van der Waals surface area (Å²) in [5, 5.41) is 11.9. The Bertz CT molecular complexity index is 614. The van der Waals surface area contributed by atoms with Crippen molar-refractivity contribution >= 4 is 11.6 Å². The van der Waals surface area contributed by atoms with Gasteiger partial charge in [-0.1, -0.05) is 23.8 Å². The molecule has 0 saturated heterocycles. The molecule has 1 aromatic carbocycles. The average molecular weight is 265 g/mol. The molecule has 0 aliphatic carbocycles. The zero-order chi connectivity index (χ0) is 14.4. The Hall–Kier alpha value is -2.67. The van der Waals surface area contributed by atoms with E-state index >= 15 is 0 Å². The fourth-order valence-electron chi connectivity index (χ4n) is 1.82. The maximum absolute atomic E-state index is 12.1. The maximum atomic E-state index is 12.1. The number of aryl methyl sites for hydroxylation is 1. The van der Waals surface area contributed by atoms with Crippen molar-refractivity contribution in [1.82, 2.24) is 4.98 Å². The van der Waals surface area contributed by atoms with Crippen LogP contribution in [0.2, 0.25) is 0 Å². The Morgan fingerprint density at radius 2 is 2.10 bits per heavy atom. The van der Waals surface area contributed by atoms with E-state index in [0.717, 1.165) is 11.1 Å². The number of nitriles is 1. The van der Waals surface area contributed by atoms with E-state index in [1.807, 2.05) is 43.3 Å². The third-order valence-electron chi connectivity index (χ3n) is 2.95. The molecule has 4 nitrogen and oxygen atoms in total. The van der Waals surface area contributed by atoms with Crippen molar-refractivity contribution in [2.75, 3.05) is 5.32 Å². The van der Waals surface area contributed by atoms with Crippen molar-refractivity contribution in [3.63, 3.8) is 0 Å². The van der Waals surface area contributed by atoms with Crippen LogP contribution in [-0.2, 0) is 11.2 Å². The lowest BCUT2D eigenvalue weighted by Gasteiger charge is -2.10. The van der Waals surface area contributed by atoms with Gasteiger partial charge in [-0.05, 0) is 37.1 Å². The molecule has 1 atom stereocenters. The lowest BCUT2D eigenvalue weighted by atomic mass is 10.0. The summed E-state index contributed by atoms with van der Waals surface area (Å²) in [6, 6.07) is 13.2. The second-order valence-corrected chi connectivity index (χ2v) is 4.60. The molecule has 2 rings (SSSR count). The number of benzene rings is 1. The van der Waals surface area contributed by atoms with Crippen LogP contribution in [-0.4, -0.2) is 10.9 Å². The van der Waals surface area contributed by atoms with Crippen molar-refractivity contribution in [3.8, 4) is 6.07 Å². The number of aromatic nitrogens is 1. The topological polar surface area (TPSA) is 65.8 Å². The van der Waals surface area contributed by atoms with Crippen LogP contribution < -0.4 is 5.32 Å². The highest BCUT2D eigenvalue weighted by Gasteiger charge is 2.18. The molecular weight excluding hydrogens is 250 g/mol. The molecule has 1 amide bonds. The van der Waals surface area contributed by atoms with Crippen molar-refractivity contribution in [2.24, 2.45) is 5.92 Å². The number of nitrogens with zero attached hydrogens (tertiary/aromatic N) is 2. The second kappa shape index (κ2) is 6.48. The molecule has 1 N–H and O–H groups in total. The first-order valence-corrected chi connectivity index (χ1v) is 6.35. The lowest BCUT2D eigenvalue weighted by molar-refractivity contribution is -0.118. The molecule has 4 heteroatoms. The molecule has 0 spiro atoms. The molecule has 0 saturated carbocycles. The highest BCUT2D eigenvalue weighted by atomic mass is 16.1. The summed E-state index contributed by atoms with van der Waals surface area (Å²) in [7, 11) is 0. The molecule has 100 valence electrons. The van der Waals surface area contributed by atoms with E-state index in [9.17, 15) is 4.79 Å². The zero-order valence-electron chi connectivity index (χ0n) is 11.2. The predicted octanol–water partition coefficient (Wildman–Crippen LogP) is 2.71. The van der Waals surface area contributed by atoms with Crippen LogP contribution in [0, 0.1) is 24.2 Å². The van der Waals surface area contributed by atoms with Gasteiger partial charge in [-0.3, -0.25) is 9.78 Å². The van der Waals surface area contributed by atoms with Gasteiger partial charge in [0.2, 0.25) is 5.91 Å². The van der Waals surface area contributed by atoms with E-state index in [-0.39, 0.29) is 5.91 Å². The summed E-state index contributed by atoms with van der Waals surface area (Å²) >= 11 is 0. The standard InChI is InChI=1S/C16H15N3O/c1-12-4-6-15(7-5-12)19-16(20)14(10-17)9-13-3-2-8-18-11-13/h2-8,11,14H,9H2,1H3,(H,19,20)/t14-/m0/s1. The highest BCUT2D eigenvalue weighted by Crippen LogP contribution is 2.13. The third-order valence-corrected chi connectivity index (χ3v) is 2.95. The maximum Gasteiger partial charge on any atom is 0.242 e. The van der Waals surface area contributed by atoms with Gasteiger partial charge in [-0.2, -0.15) is 5.26 Å². The molecular formula is C16H15N3O. The molecule has 2 aromatic rings. The van der Waals surface area contributed by atoms with Gasteiger partial charge < -0.3 is 5.32 Å². The molecule has 0 fully saturated rings. The highest BCUT2D eigenvalue weighted by molar-refractivity contribution is 5.94. The number of nitrogens with one attached hydrogen (secondary N) is 1. The number of amides is 1. The SMILES string of the molecule is Cc1ccc(NC(=O)[C@H](C#N)Cc2cccnc2)cc1. The van der Waals surface area contributed by atoms with Crippen LogP contribution >= 0.6 is 0 Å². The summed E-state index contributed by atoms with van der Waals surface area (Å²) in [6.45, 7) is 1.98. The zero-order valence-corrected chi connectivity index (χ0v) is 11.2. The van der Waals surface area contributed by atoms with Crippen LogP contribution in [0.1, 0.15) is 11.1 Å². The van der Waals surface area contributed by atoms with Crippen molar-refractivity contribution in [2.45, 2.75) is 13.3 Å². The van der Waals surface area contributed by atoms with E-state index in [1.54, 1.807) is 18.5 Å². The van der Waals surface area contributed by atoms with Gasteiger partial charge >= 0.3 is 0 Å². The summed E-state index contributed by atoms with van der Waals surface area (Å²) < 4.78 is 0. The average Bonchev–Trinajstić information content (AvgIpc) is 2.48. The third kappa shape index (κ3) is 3.66. The monoisotopic (exact) mass is 265 g/mol. The van der Waals surface area contributed by atoms with Crippen molar-refractivity contribution < 1.29 is 4.79 Å². The number of carbonyl (C=O) groups excluding carboxylic acids is 1. The minimum atomic E-state index is -0.722. The molecule has 0 aliphatic heterocycles. The minimum Gasteiger partial charge on any atom is -0.325 e. The quantitative estimate of drug-likeness (QED) is 0.924. The summed E-state index contributed by atoms with van der Waals surface area (Å²) in [6.07, 6.45) is 3.70. The number of hydrogen-bond donors (Lipinski definition) is 1. The first-order valence-electron chi connectivity index (χ1n) is 6.35. The Labute approximate surface area is 118 Å². The molecule has 20 heavy (non-hydrogen) atoms. The van der Waals surface area contributed by atoms with E-state index in [0.29, 0.717) is 12.1 Å². The number of pyridine rings is 1. The van der Waals surface area contributed by atoms with Gasteiger partial charge in [-0.25, -0.2) is 0 Å². The number of carbonyl (C=O) groups is 1. The van der Waals surface area contributed by atoms with E-state index in [1.165, 1.54) is 0 Å². The fourth-order valence-corrected chi connectivity index (χ4v) is 1.82. The molecule has 0 radical (unpaired) electrons. The molecule has 1 heterocycles. The normalized spacial score (nSPS) is 11.4. The summed E-state index contributed by atoms with van der Waals surface area (Å²) in [5.74, 6) is -1.01. The number of anilines is 1. The van der Waals surface area contributed by atoms with Crippen LogP contribution in [0.4, 0.5) is 5.69 Å². The Morgan fingerprint density at radius 1 is 1.35 bits per heavy atom. The largest absolute Gasteiger partial charge is 0.325 e. The van der Waals surface area contributed by atoms with Crippen LogP contribution in [0.3, 0.4) is 0 Å². The molecule has 0 bridgehead atoms.